The number of ether oxygens (including phenoxy) is 3. The summed E-state index contributed by atoms with van der Waals surface area (Å²) in [6, 6.07) is 9.44. The number of nitrogens with one attached hydrogen (secondary N) is 1. The number of anilines is 1. The van der Waals surface area contributed by atoms with E-state index >= 15 is 0 Å². The summed E-state index contributed by atoms with van der Waals surface area (Å²) in [5.41, 5.74) is -1.78. The van der Waals surface area contributed by atoms with Crippen LogP contribution in [0, 0.1) is 0 Å². The molecule has 0 aliphatic carbocycles. The minimum Gasteiger partial charge on any atom is -0.448 e. The molecule has 0 saturated heterocycles. The minimum absolute atomic E-state index is 0.0140. The summed E-state index contributed by atoms with van der Waals surface area (Å²) in [7, 11) is 1.31. The van der Waals surface area contributed by atoms with Crippen LogP contribution in [0.25, 0.3) is 22.2 Å². The lowest BCUT2D eigenvalue weighted by Gasteiger charge is -2.19. The van der Waals surface area contributed by atoms with E-state index in [1.54, 1.807) is 20.8 Å². The van der Waals surface area contributed by atoms with Crippen LogP contribution in [0.15, 0.2) is 57.7 Å². The molecule has 16 heteroatoms. The topological polar surface area (TPSA) is 125 Å². The Morgan fingerprint density at radius 1 is 1.05 bits per heavy atom. The molecule has 2 aromatic carbocycles. The highest BCUT2D eigenvalue weighted by Gasteiger charge is 2.43. The number of carbonyl (C=O) groups is 2. The Bertz CT molecular complexity index is 1840. The largest absolute Gasteiger partial charge is 0.586 e. The van der Waals surface area contributed by atoms with Gasteiger partial charge < -0.3 is 28.8 Å². The van der Waals surface area contributed by atoms with Crippen LogP contribution >= 0.6 is 0 Å². The molecule has 1 aliphatic rings. The van der Waals surface area contributed by atoms with Crippen LogP contribution in [-0.4, -0.2) is 46.8 Å². The molecule has 44 heavy (non-hydrogen) atoms. The molecule has 1 N–H and O–H groups in total. The Labute approximate surface area is 244 Å². The summed E-state index contributed by atoms with van der Waals surface area (Å²) < 4.78 is 84.8. The van der Waals surface area contributed by atoms with E-state index in [1.807, 2.05) is 0 Å². The molecule has 0 fully saturated rings. The van der Waals surface area contributed by atoms with E-state index in [4.69, 9.17) is 4.42 Å². The van der Waals surface area contributed by atoms with Crippen LogP contribution in [0.4, 0.5) is 27.6 Å². The fourth-order valence-electron chi connectivity index (χ4n) is 4.25. The van der Waals surface area contributed by atoms with Gasteiger partial charge in [-0.1, -0.05) is 12.1 Å². The Morgan fingerprint density at radius 2 is 1.75 bits per heavy atom. The molecule has 232 valence electrons. The van der Waals surface area contributed by atoms with Crippen molar-refractivity contribution in [2.24, 2.45) is 0 Å². The fourth-order valence-corrected chi connectivity index (χ4v) is 4.25. The molecular weight excluding hydrogens is 599 g/mol. The number of hydrogen-bond acceptors (Lipinski definition) is 8. The normalized spacial score (nSPS) is 14.0. The van der Waals surface area contributed by atoms with E-state index in [0.717, 1.165) is 33.8 Å². The monoisotopic (exact) mass is 622 g/mol. The smallest absolute Gasteiger partial charge is 0.448 e. The van der Waals surface area contributed by atoms with Gasteiger partial charge in [0.05, 0.1) is 5.39 Å². The first-order valence-corrected chi connectivity index (χ1v) is 12.8. The van der Waals surface area contributed by atoms with E-state index in [1.165, 1.54) is 31.3 Å². The number of hydrogen-bond donors (Lipinski definition) is 1. The summed E-state index contributed by atoms with van der Waals surface area (Å²) in [4.78, 5) is 40.6. The highest BCUT2D eigenvalue weighted by atomic mass is 19.4. The van der Waals surface area contributed by atoms with Crippen LogP contribution in [0.3, 0.4) is 0 Å². The summed E-state index contributed by atoms with van der Waals surface area (Å²) >= 11 is 0. The highest BCUT2D eigenvalue weighted by Crippen LogP contribution is 2.42. The van der Waals surface area contributed by atoms with Crippen LogP contribution < -0.4 is 30.0 Å². The third-order valence-corrected chi connectivity index (χ3v) is 6.12. The minimum atomic E-state index is -5.00. The highest BCUT2D eigenvalue weighted by molar-refractivity contribution is 5.99. The first-order valence-electron chi connectivity index (χ1n) is 12.8. The molecule has 0 atom stereocenters. The number of furan rings is 1. The van der Waals surface area contributed by atoms with Gasteiger partial charge in [0, 0.05) is 36.0 Å². The molecular formula is C28H23F5N4O7. The lowest BCUT2D eigenvalue weighted by atomic mass is 10.1. The number of amides is 2. The van der Waals surface area contributed by atoms with Crippen molar-refractivity contribution in [1.29, 1.82) is 0 Å². The second-order valence-corrected chi connectivity index (χ2v) is 10.7. The standard InChI is InChI=1S/C28H23F5N4O7/c1-26(2,3)34-24(39)20-12-17-23(41-20)22(14-6-5-7-16(10-14)42-27(29,30)31)35-37(25(17)40)13-21(38)36(4)15-8-9-18-19(11-15)44-28(32,33)43-18/h5-12H,13H2,1-4H3,(H,34,39). The molecule has 4 aromatic rings. The van der Waals surface area contributed by atoms with Gasteiger partial charge >= 0.3 is 12.7 Å². The lowest BCUT2D eigenvalue weighted by molar-refractivity contribution is -0.286. The molecule has 0 saturated carbocycles. The molecule has 3 heterocycles. The van der Waals surface area contributed by atoms with Crippen molar-refractivity contribution in [2.45, 2.75) is 45.5 Å². The van der Waals surface area contributed by atoms with E-state index in [2.05, 4.69) is 24.6 Å². The molecule has 1 aliphatic heterocycles. The summed E-state index contributed by atoms with van der Waals surface area (Å²) in [5.74, 6) is -2.84. The molecule has 2 aromatic heterocycles. The average Bonchev–Trinajstić information content (AvgIpc) is 3.48. The first-order chi connectivity index (χ1) is 20.4. The third-order valence-electron chi connectivity index (χ3n) is 6.12. The van der Waals surface area contributed by atoms with Gasteiger partial charge in [0.2, 0.25) is 5.91 Å². The van der Waals surface area contributed by atoms with E-state index < -0.39 is 47.9 Å². The molecule has 0 spiro atoms. The van der Waals surface area contributed by atoms with Gasteiger partial charge in [-0.15, -0.1) is 22.0 Å². The van der Waals surface area contributed by atoms with Crippen molar-refractivity contribution < 1.29 is 50.2 Å². The Morgan fingerprint density at radius 3 is 2.43 bits per heavy atom. The average molecular weight is 623 g/mol. The maximum absolute atomic E-state index is 13.5. The van der Waals surface area contributed by atoms with Crippen molar-refractivity contribution in [1.82, 2.24) is 15.1 Å². The Balaban J connectivity index is 1.55. The summed E-state index contributed by atoms with van der Waals surface area (Å²) in [6.45, 7) is 4.45. The predicted octanol–water partition coefficient (Wildman–Crippen LogP) is 5.07. The van der Waals surface area contributed by atoms with Gasteiger partial charge in [-0.2, -0.15) is 5.10 Å². The van der Waals surface area contributed by atoms with Gasteiger partial charge in [0.25, 0.3) is 11.5 Å². The number of carbonyl (C=O) groups excluding carboxylic acids is 2. The first kappa shape index (κ1) is 30.3. The number of rotatable bonds is 6. The molecule has 2 amide bonds. The van der Waals surface area contributed by atoms with Crippen molar-refractivity contribution >= 4 is 28.5 Å². The van der Waals surface area contributed by atoms with Crippen molar-refractivity contribution in [2.75, 3.05) is 11.9 Å². The predicted molar refractivity (Wildman–Crippen MR) is 144 cm³/mol. The van der Waals surface area contributed by atoms with Crippen LogP contribution in [0.5, 0.6) is 17.2 Å². The lowest BCUT2D eigenvalue weighted by Crippen LogP contribution is -2.40. The van der Waals surface area contributed by atoms with Crippen LogP contribution in [0.1, 0.15) is 31.3 Å². The van der Waals surface area contributed by atoms with Crippen LogP contribution in [-0.2, 0) is 11.3 Å². The SMILES string of the molecule is CN(C(=O)Cn1nc(-c2cccc(OC(F)(F)F)c2)c2oc(C(=O)NC(C)(C)C)cc2c1=O)c1ccc2c(c1)OC(F)(F)O2. The number of aromatic nitrogens is 2. The van der Waals surface area contributed by atoms with E-state index in [-0.39, 0.29) is 45.2 Å². The summed E-state index contributed by atoms with van der Waals surface area (Å²) in [5, 5.41) is 6.69. The number of halogens is 5. The van der Waals surface area contributed by atoms with Gasteiger partial charge in [0.1, 0.15) is 18.0 Å². The Kier molecular flexibility index (Phi) is 7.26. The maximum atomic E-state index is 13.5. The second-order valence-electron chi connectivity index (χ2n) is 10.7. The van der Waals surface area contributed by atoms with Gasteiger partial charge in [-0.3, -0.25) is 14.4 Å². The van der Waals surface area contributed by atoms with Crippen molar-refractivity contribution in [3.05, 3.63) is 64.6 Å². The van der Waals surface area contributed by atoms with Gasteiger partial charge in [-0.25, -0.2) is 4.68 Å². The number of fused-ring (bicyclic) bond motifs is 2. The third kappa shape index (κ3) is 6.43. The van der Waals surface area contributed by atoms with E-state index in [0.29, 0.717) is 0 Å². The second kappa shape index (κ2) is 10.5. The number of nitrogens with zero attached hydrogens (tertiary/aromatic N) is 3. The molecule has 5 rings (SSSR count). The van der Waals surface area contributed by atoms with Crippen molar-refractivity contribution in [3.63, 3.8) is 0 Å². The number of benzene rings is 2. The number of alkyl halides is 5. The molecule has 0 unspecified atom stereocenters. The van der Waals surface area contributed by atoms with Crippen molar-refractivity contribution in [3.8, 4) is 28.5 Å². The fraction of sp³-hybridized carbons (Fsp3) is 0.286. The zero-order valence-corrected chi connectivity index (χ0v) is 23.4. The quantitative estimate of drug-likeness (QED) is 0.296. The van der Waals surface area contributed by atoms with Gasteiger partial charge in [-0.05, 0) is 45.0 Å². The van der Waals surface area contributed by atoms with Gasteiger partial charge in [0.15, 0.2) is 22.8 Å². The Hall–Kier alpha value is -5.15. The zero-order chi connectivity index (χ0) is 32.2. The molecule has 11 nitrogen and oxygen atoms in total. The van der Waals surface area contributed by atoms with Crippen LogP contribution in [0.2, 0.25) is 0 Å². The van der Waals surface area contributed by atoms with E-state index in [9.17, 15) is 36.3 Å². The molecule has 0 radical (unpaired) electrons. The summed E-state index contributed by atoms with van der Waals surface area (Å²) in [6.07, 6.45) is -8.87. The maximum Gasteiger partial charge on any atom is 0.586 e. The number of likely N-dealkylation sites (N-methyl/N-ethyl adjacent to an activating group) is 1. The molecule has 0 bridgehead atoms. The zero-order valence-electron chi connectivity index (χ0n) is 23.4.